The quantitative estimate of drug-likeness (QED) is 0.762. The van der Waals surface area contributed by atoms with Gasteiger partial charge in [-0.3, -0.25) is 4.79 Å². The van der Waals surface area contributed by atoms with Crippen LogP contribution in [0.15, 0.2) is 36.4 Å². The summed E-state index contributed by atoms with van der Waals surface area (Å²) in [5, 5.41) is 14.7. The molecule has 1 aliphatic rings. The molecular formula is C19H15ClN2O3. The van der Waals surface area contributed by atoms with Gasteiger partial charge >= 0.3 is 5.97 Å². The van der Waals surface area contributed by atoms with E-state index < -0.39 is 5.97 Å². The second kappa shape index (κ2) is 5.70. The monoisotopic (exact) mass is 354 g/mol. The van der Waals surface area contributed by atoms with Crippen LogP contribution in [0.5, 0.6) is 0 Å². The molecule has 0 aliphatic heterocycles. The van der Waals surface area contributed by atoms with Gasteiger partial charge < -0.3 is 5.11 Å². The van der Waals surface area contributed by atoms with Crippen molar-refractivity contribution in [3.8, 4) is 0 Å². The number of nitrogens with zero attached hydrogens (tertiary/aromatic N) is 2. The van der Waals surface area contributed by atoms with E-state index in [1.54, 1.807) is 19.1 Å². The van der Waals surface area contributed by atoms with Gasteiger partial charge in [0.2, 0.25) is 0 Å². The minimum atomic E-state index is -1.05. The van der Waals surface area contributed by atoms with Crippen LogP contribution < -0.4 is 0 Å². The number of halogens is 1. The number of carboxylic acids is 1. The molecule has 5 nitrogen and oxygen atoms in total. The van der Waals surface area contributed by atoms with Crippen LogP contribution in [0.2, 0.25) is 5.02 Å². The molecule has 0 atom stereocenters. The molecule has 3 aromatic rings. The number of fused-ring (bicyclic) bond motifs is 1. The van der Waals surface area contributed by atoms with E-state index in [9.17, 15) is 14.7 Å². The Bertz CT molecular complexity index is 1030. The van der Waals surface area contributed by atoms with Gasteiger partial charge in [0.05, 0.1) is 27.4 Å². The van der Waals surface area contributed by atoms with Crippen molar-refractivity contribution in [2.45, 2.75) is 25.7 Å². The summed E-state index contributed by atoms with van der Waals surface area (Å²) in [6.07, 6.45) is 2.09. The van der Waals surface area contributed by atoms with E-state index in [1.807, 2.05) is 12.1 Å². The molecule has 25 heavy (non-hydrogen) atoms. The third-order valence-electron chi connectivity index (χ3n) is 4.58. The molecule has 1 N–H and O–H groups in total. The van der Waals surface area contributed by atoms with Crippen molar-refractivity contribution < 1.29 is 14.7 Å². The first-order valence-electron chi connectivity index (χ1n) is 8.03. The van der Waals surface area contributed by atoms with Crippen LogP contribution in [0.1, 0.15) is 50.7 Å². The lowest BCUT2D eigenvalue weighted by Crippen LogP contribution is -2.16. The van der Waals surface area contributed by atoms with Crippen LogP contribution in [0.3, 0.4) is 0 Å². The Morgan fingerprint density at radius 3 is 2.68 bits per heavy atom. The summed E-state index contributed by atoms with van der Waals surface area (Å²) in [5.74, 6) is -1.01. The maximum absolute atomic E-state index is 13.2. The Balaban J connectivity index is 1.92. The highest BCUT2D eigenvalue weighted by atomic mass is 35.5. The van der Waals surface area contributed by atoms with E-state index in [-0.39, 0.29) is 11.5 Å². The van der Waals surface area contributed by atoms with E-state index >= 15 is 0 Å². The lowest BCUT2D eigenvalue weighted by Gasteiger charge is -2.10. The second-order valence-corrected chi connectivity index (χ2v) is 6.72. The summed E-state index contributed by atoms with van der Waals surface area (Å²) in [6.45, 7) is 1.79. The molecule has 1 aliphatic carbocycles. The maximum Gasteiger partial charge on any atom is 0.335 e. The first kappa shape index (κ1) is 15.8. The Morgan fingerprint density at radius 1 is 1.24 bits per heavy atom. The molecule has 0 saturated heterocycles. The molecule has 0 spiro atoms. The minimum Gasteiger partial charge on any atom is -0.478 e. The van der Waals surface area contributed by atoms with Gasteiger partial charge in [0, 0.05) is 5.39 Å². The SMILES string of the molecule is Cc1nn(C(=O)c2c(Cl)cccc2C2CC2)c2cc(C(=O)O)ccc12. The molecule has 0 radical (unpaired) electrons. The number of hydrogen-bond acceptors (Lipinski definition) is 3. The summed E-state index contributed by atoms with van der Waals surface area (Å²) in [4.78, 5) is 24.5. The second-order valence-electron chi connectivity index (χ2n) is 6.32. The van der Waals surface area contributed by atoms with Crippen LogP contribution in [-0.4, -0.2) is 26.8 Å². The van der Waals surface area contributed by atoms with Gasteiger partial charge in [-0.2, -0.15) is 9.78 Å². The van der Waals surface area contributed by atoms with Crippen molar-refractivity contribution in [1.29, 1.82) is 0 Å². The Morgan fingerprint density at radius 2 is 2.00 bits per heavy atom. The summed E-state index contributed by atoms with van der Waals surface area (Å²) in [5.41, 5.74) is 2.65. The van der Waals surface area contributed by atoms with Gasteiger partial charge in [-0.05, 0) is 49.4 Å². The Hall–Kier alpha value is -2.66. The first-order chi connectivity index (χ1) is 12.0. The molecule has 1 fully saturated rings. The maximum atomic E-state index is 13.2. The lowest BCUT2D eigenvalue weighted by molar-refractivity contribution is 0.0696. The van der Waals surface area contributed by atoms with E-state index in [4.69, 9.17) is 11.6 Å². The number of carboxylic acid groups (broad SMARTS) is 1. The summed E-state index contributed by atoms with van der Waals surface area (Å²) < 4.78 is 1.27. The number of aromatic nitrogens is 2. The number of aromatic carboxylic acids is 1. The van der Waals surface area contributed by atoms with E-state index in [1.165, 1.54) is 16.8 Å². The van der Waals surface area contributed by atoms with Crippen LogP contribution in [0.4, 0.5) is 0 Å². The minimum absolute atomic E-state index is 0.114. The predicted octanol–water partition coefficient (Wildman–Crippen LogP) is 4.26. The van der Waals surface area contributed by atoms with Gasteiger partial charge in [0.1, 0.15) is 0 Å². The highest BCUT2D eigenvalue weighted by Gasteiger charge is 2.30. The molecule has 1 aromatic heterocycles. The normalized spacial score (nSPS) is 14.0. The van der Waals surface area contributed by atoms with Crippen molar-refractivity contribution in [2.24, 2.45) is 0 Å². The van der Waals surface area contributed by atoms with Crippen LogP contribution in [0.25, 0.3) is 10.9 Å². The topological polar surface area (TPSA) is 72.2 Å². The van der Waals surface area contributed by atoms with Gasteiger partial charge in [-0.25, -0.2) is 4.79 Å². The number of hydrogen-bond donors (Lipinski definition) is 1. The van der Waals surface area contributed by atoms with Crippen molar-refractivity contribution in [2.75, 3.05) is 0 Å². The van der Waals surface area contributed by atoms with Crippen molar-refractivity contribution in [3.63, 3.8) is 0 Å². The Labute approximate surface area is 148 Å². The fourth-order valence-corrected chi connectivity index (χ4v) is 3.43. The molecule has 1 heterocycles. The highest BCUT2D eigenvalue weighted by molar-refractivity contribution is 6.34. The van der Waals surface area contributed by atoms with Crippen LogP contribution in [-0.2, 0) is 0 Å². The summed E-state index contributed by atoms with van der Waals surface area (Å²) >= 11 is 6.33. The number of benzene rings is 2. The molecule has 0 unspecified atom stereocenters. The lowest BCUT2D eigenvalue weighted by atomic mass is 10.0. The molecule has 6 heteroatoms. The van der Waals surface area contributed by atoms with Crippen molar-refractivity contribution >= 4 is 34.4 Å². The third kappa shape index (κ3) is 2.61. The Kier molecular flexibility index (Phi) is 3.62. The van der Waals surface area contributed by atoms with Gasteiger partial charge in [-0.1, -0.05) is 29.8 Å². The number of carbonyl (C=O) groups excluding carboxylic acids is 1. The number of rotatable bonds is 3. The smallest absolute Gasteiger partial charge is 0.335 e. The molecule has 2 aromatic carbocycles. The zero-order valence-electron chi connectivity index (χ0n) is 13.5. The van der Waals surface area contributed by atoms with E-state index in [0.29, 0.717) is 27.7 Å². The highest BCUT2D eigenvalue weighted by Crippen LogP contribution is 2.43. The van der Waals surface area contributed by atoms with Gasteiger partial charge in [0.15, 0.2) is 0 Å². The van der Waals surface area contributed by atoms with Crippen molar-refractivity contribution in [1.82, 2.24) is 9.78 Å². The number of carbonyl (C=O) groups is 2. The zero-order valence-corrected chi connectivity index (χ0v) is 14.2. The standard InChI is InChI=1S/C19H15ClN2O3/c1-10-13-8-7-12(19(24)25)9-16(13)22(21-10)18(23)17-14(11-5-6-11)3-2-4-15(17)20/h2-4,7-9,11H,5-6H2,1H3,(H,24,25). The average molecular weight is 355 g/mol. The molecule has 1 saturated carbocycles. The molecule has 4 rings (SSSR count). The summed E-state index contributed by atoms with van der Waals surface area (Å²) in [7, 11) is 0. The first-order valence-corrected chi connectivity index (χ1v) is 8.41. The largest absolute Gasteiger partial charge is 0.478 e. The molecular weight excluding hydrogens is 340 g/mol. The van der Waals surface area contributed by atoms with Gasteiger partial charge in [-0.15, -0.1) is 0 Å². The van der Waals surface area contributed by atoms with Crippen LogP contribution >= 0.6 is 11.6 Å². The molecule has 0 bridgehead atoms. The fourth-order valence-electron chi connectivity index (χ4n) is 3.17. The third-order valence-corrected chi connectivity index (χ3v) is 4.90. The van der Waals surface area contributed by atoms with E-state index in [0.717, 1.165) is 23.8 Å². The molecule has 0 amide bonds. The molecule has 126 valence electrons. The van der Waals surface area contributed by atoms with Gasteiger partial charge in [0.25, 0.3) is 5.91 Å². The van der Waals surface area contributed by atoms with Crippen LogP contribution in [0, 0.1) is 6.92 Å². The fraction of sp³-hybridized carbons (Fsp3) is 0.211. The predicted molar refractivity (Wildman–Crippen MR) is 94.6 cm³/mol. The van der Waals surface area contributed by atoms with Crippen molar-refractivity contribution in [3.05, 3.63) is 63.8 Å². The summed E-state index contributed by atoms with van der Waals surface area (Å²) in [6, 6.07) is 10.1. The van der Waals surface area contributed by atoms with E-state index in [2.05, 4.69) is 5.10 Å². The zero-order chi connectivity index (χ0) is 17.7. The average Bonchev–Trinajstić information content (AvgIpc) is 3.38. The number of aryl methyl sites for hydroxylation is 1.